The van der Waals surface area contributed by atoms with Gasteiger partial charge in [-0.3, -0.25) is 14.4 Å². The first kappa shape index (κ1) is 33.2. The van der Waals surface area contributed by atoms with Gasteiger partial charge in [-0.15, -0.1) is 0 Å². The van der Waals surface area contributed by atoms with Gasteiger partial charge in [0.05, 0.1) is 4.47 Å². The minimum Gasteiger partial charge on any atom is -0.483 e. The highest BCUT2D eigenvalue weighted by Crippen LogP contribution is 2.55. The van der Waals surface area contributed by atoms with Gasteiger partial charge in [0.2, 0.25) is 0 Å². The first-order valence-corrected chi connectivity index (χ1v) is 17.2. The van der Waals surface area contributed by atoms with E-state index in [1.165, 1.54) is 0 Å². The van der Waals surface area contributed by atoms with E-state index in [2.05, 4.69) is 66.0 Å². The van der Waals surface area contributed by atoms with Crippen LogP contribution in [0.15, 0.2) is 93.7 Å². The molecule has 0 bridgehead atoms. The van der Waals surface area contributed by atoms with Gasteiger partial charge in [-0.2, -0.15) is 0 Å². The Morgan fingerprint density at radius 3 is 2.09 bits per heavy atom. The molecule has 2 aliphatic carbocycles. The second-order valence-corrected chi connectivity index (χ2v) is 15.9. The predicted molar refractivity (Wildman–Crippen MR) is 189 cm³/mol. The van der Waals surface area contributed by atoms with Crippen LogP contribution in [0.1, 0.15) is 76.0 Å². The van der Waals surface area contributed by atoms with Crippen molar-refractivity contribution in [1.82, 2.24) is 4.90 Å². The fourth-order valence-corrected chi connectivity index (χ4v) is 7.85. The van der Waals surface area contributed by atoms with Crippen LogP contribution in [0.4, 0.5) is 5.69 Å². The van der Waals surface area contributed by atoms with Gasteiger partial charge in [0.15, 0.2) is 18.2 Å². The monoisotopic (exact) mass is 714 g/mol. The molecule has 3 aliphatic rings. The van der Waals surface area contributed by atoms with E-state index in [1.54, 1.807) is 18.2 Å². The number of nitrogens with one attached hydrogen (secondary N) is 1. The van der Waals surface area contributed by atoms with Crippen molar-refractivity contribution in [2.75, 3.05) is 11.9 Å². The van der Waals surface area contributed by atoms with E-state index in [4.69, 9.17) is 16.3 Å². The van der Waals surface area contributed by atoms with E-state index in [0.717, 1.165) is 52.1 Å². The molecule has 1 amide bonds. The maximum atomic E-state index is 14.1. The summed E-state index contributed by atoms with van der Waals surface area (Å²) in [5.41, 5.74) is 6.59. The molecular weight excluding hydrogens is 676 g/mol. The number of ether oxygens (including phenoxy) is 1. The van der Waals surface area contributed by atoms with Gasteiger partial charge in [0.1, 0.15) is 5.75 Å². The minimum absolute atomic E-state index is 0.0906. The number of ketones is 2. The van der Waals surface area contributed by atoms with Crippen LogP contribution in [0.25, 0.3) is 0 Å². The number of aryl methyl sites for hydroxylation is 1. The van der Waals surface area contributed by atoms with Gasteiger partial charge in [-0.1, -0.05) is 81.8 Å². The Morgan fingerprint density at radius 1 is 0.894 bits per heavy atom. The molecule has 0 atom stereocenters. The van der Waals surface area contributed by atoms with Gasteiger partial charge < -0.3 is 15.0 Å². The number of rotatable bonds is 7. The second kappa shape index (κ2) is 12.7. The quantitative estimate of drug-likeness (QED) is 0.264. The van der Waals surface area contributed by atoms with E-state index in [0.29, 0.717) is 40.3 Å². The van der Waals surface area contributed by atoms with Crippen LogP contribution in [-0.2, 0) is 20.9 Å². The summed E-state index contributed by atoms with van der Waals surface area (Å²) in [5.74, 6) is -0.120. The van der Waals surface area contributed by atoms with Crippen molar-refractivity contribution in [1.29, 1.82) is 0 Å². The number of halogens is 2. The number of nitrogens with zero attached hydrogens (tertiary/aromatic N) is 1. The number of carbonyl (C=O) groups excluding carboxylic acids is 3. The van der Waals surface area contributed by atoms with Gasteiger partial charge in [-0.25, -0.2) is 0 Å². The number of Topliss-reactive ketones (excluding diaryl/α,β-unsaturated/α-hetero) is 2. The van der Waals surface area contributed by atoms with Crippen LogP contribution in [0.2, 0.25) is 5.02 Å². The Labute approximate surface area is 290 Å². The zero-order chi connectivity index (χ0) is 33.7. The molecule has 0 radical (unpaired) electrons. The van der Waals surface area contributed by atoms with Crippen LogP contribution in [0.3, 0.4) is 0 Å². The van der Waals surface area contributed by atoms with Crippen molar-refractivity contribution in [3.8, 4) is 5.75 Å². The lowest BCUT2D eigenvalue weighted by Crippen LogP contribution is -2.44. The Bertz CT molecular complexity index is 1790. The highest BCUT2D eigenvalue weighted by molar-refractivity contribution is 9.10. The van der Waals surface area contributed by atoms with Crippen molar-refractivity contribution in [3.05, 3.63) is 115 Å². The summed E-state index contributed by atoms with van der Waals surface area (Å²) < 4.78 is 6.55. The molecule has 3 aromatic rings. The summed E-state index contributed by atoms with van der Waals surface area (Å²) >= 11 is 9.87. The van der Waals surface area contributed by atoms with Crippen LogP contribution in [0.5, 0.6) is 5.75 Å². The summed E-state index contributed by atoms with van der Waals surface area (Å²) in [7, 11) is 0. The van der Waals surface area contributed by atoms with Gasteiger partial charge in [0, 0.05) is 58.6 Å². The molecule has 1 N–H and O–H groups in total. The summed E-state index contributed by atoms with van der Waals surface area (Å²) in [5, 5.41) is 3.39. The topological polar surface area (TPSA) is 75.7 Å². The van der Waals surface area contributed by atoms with E-state index in [-0.39, 0.29) is 34.9 Å². The fraction of sp³-hybridized carbons (Fsp3) is 0.359. The number of anilines is 1. The van der Waals surface area contributed by atoms with Gasteiger partial charge >= 0.3 is 0 Å². The summed E-state index contributed by atoms with van der Waals surface area (Å²) in [6.07, 6.45) is 2.33. The lowest BCUT2D eigenvalue weighted by molar-refractivity contribution is -0.120. The van der Waals surface area contributed by atoms with Crippen LogP contribution in [0, 0.1) is 17.8 Å². The van der Waals surface area contributed by atoms with Crippen molar-refractivity contribution in [3.63, 3.8) is 0 Å². The van der Waals surface area contributed by atoms with Crippen LogP contribution < -0.4 is 10.1 Å². The number of amides is 1. The smallest absolute Gasteiger partial charge is 0.262 e. The average molecular weight is 716 g/mol. The second-order valence-electron chi connectivity index (χ2n) is 14.6. The molecule has 0 fully saturated rings. The van der Waals surface area contributed by atoms with E-state index >= 15 is 0 Å². The standard InChI is InChI=1S/C39H40BrClN2O4/c1-23-11-13-26(16-28(23)41)42-34(46)22-47-33-14-12-25(15-27(33)40)35-36-29(17-38(2,3)19-31(36)44)43(21-24-9-7-6-8-10-24)30-18-39(4,5)20-32(45)37(30)35/h6-16,35H,17-22H2,1-5H3,(H,42,46). The molecule has 244 valence electrons. The number of hydrogen-bond donors (Lipinski definition) is 1. The van der Waals surface area contributed by atoms with Crippen molar-refractivity contribution in [2.24, 2.45) is 10.8 Å². The predicted octanol–water partition coefficient (Wildman–Crippen LogP) is 9.31. The van der Waals surface area contributed by atoms with Crippen molar-refractivity contribution < 1.29 is 19.1 Å². The summed E-state index contributed by atoms with van der Waals surface area (Å²) in [6.45, 7) is 10.9. The highest BCUT2D eigenvalue weighted by atomic mass is 79.9. The molecular formula is C39H40BrClN2O4. The van der Waals surface area contributed by atoms with Crippen LogP contribution >= 0.6 is 27.5 Å². The summed E-state index contributed by atoms with van der Waals surface area (Å²) in [6, 6.07) is 21.3. The Kier molecular flexibility index (Phi) is 9.00. The molecule has 8 heteroatoms. The molecule has 6 nitrogen and oxygen atoms in total. The molecule has 0 aromatic heterocycles. The van der Waals surface area contributed by atoms with Crippen molar-refractivity contribution in [2.45, 2.75) is 72.8 Å². The lowest BCUT2D eigenvalue weighted by atomic mass is 9.63. The fourth-order valence-electron chi connectivity index (χ4n) is 7.16. The third-order valence-corrected chi connectivity index (χ3v) is 10.3. The van der Waals surface area contributed by atoms with Crippen molar-refractivity contribution >= 4 is 50.7 Å². The number of benzene rings is 3. The van der Waals surface area contributed by atoms with Gasteiger partial charge in [-0.05, 0) is 87.5 Å². The van der Waals surface area contributed by atoms with E-state index < -0.39 is 5.92 Å². The van der Waals surface area contributed by atoms with Gasteiger partial charge in [0.25, 0.3) is 5.91 Å². The average Bonchev–Trinajstić information content (AvgIpc) is 2.98. The zero-order valence-electron chi connectivity index (χ0n) is 27.5. The first-order chi connectivity index (χ1) is 22.2. The van der Waals surface area contributed by atoms with E-state index in [9.17, 15) is 14.4 Å². The SMILES string of the molecule is Cc1ccc(NC(=O)COc2ccc(C3C4=C(CC(C)(C)CC4=O)N(Cc4ccccc4)C4=C3C(=O)CC(C)(C)C4)cc2Br)cc1Cl. The first-order valence-electron chi connectivity index (χ1n) is 16.0. The highest BCUT2D eigenvalue weighted by Gasteiger charge is 2.49. The maximum Gasteiger partial charge on any atom is 0.262 e. The number of allylic oxidation sites excluding steroid dienone is 4. The lowest BCUT2D eigenvalue weighted by Gasteiger charge is -2.49. The van der Waals surface area contributed by atoms with Crippen LogP contribution in [-0.4, -0.2) is 29.0 Å². The molecule has 47 heavy (non-hydrogen) atoms. The Hall–Kier alpha value is -3.68. The molecule has 0 saturated heterocycles. The third kappa shape index (κ3) is 6.97. The molecule has 0 spiro atoms. The zero-order valence-corrected chi connectivity index (χ0v) is 29.8. The Balaban J connectivity index is 1.36. The van der Waals surface area contributed by atoms with E-state index in [1.807, 2.05) is 43.3 Å². The molecule has 1 aliphatic heterocycles. The number of hydrogen-bond acceptors (Lipinski definition) is 5. The maximum absolute atomic E-state index is 14.1. The Morgan fingerprint density at radius 2 is 1.51 bits per heavy atom. The summed E-state index contributed by atoms with van der Waals surface area (Å²) in [4.78, 5) is 43.3. The number of carbonyl (C=O) groups is 3. The molecule has 6 rings (SSSR count). The third-order valence-electron chi connectivity index (χ3n) is 9.31. The molecule has 1 heterocycles. The minimum atomic E-state index is -0.473. The molecule has 0 saturated carbocycles. The molecule has 0 unspecified atom stereocenters. The normalized spacial score (nSPS) is 19.0. The molecule has 3 aromatic carbocycles. The largest absolute Gasteiger partial charge is 0.483 e.